The van der Waals surface area contributed by atoms with Crippen molar-refractivity contribution in [1.82, 2.24) is 9.55 Å². The number of nitrogens with one attached hydrogen (secondary N) is 1. The molecule has 1 aromatic heterocycles. The zero-order valence-electron chi connectivity index (χ0n) is 11.1. The van der Waals surface area contributed by atoms with Crippen LogP contribution in [0.5, 0.6) is 0 Å². The van der Waals surface area contributed by atoms with Crippen LogP contribution in [0.25, 0.3) is 5.69 Å². The summed E-state index contributed by atoms with van der Waals surface area (Å²) >= 11 is 4.20. The van der Waals surface area contributed by atoms with Crippen LogP contribution in [-0.4, -0.2) is 15.5 Å². The van der Waals surface area contributed by atoms with Crippen molar-refractivity contribution in [3.63, 3.8) is 0 Å². The number of nitrogens with zero attached hydrogens (tertiary/aromatic N) is 2. The Labute approximate surface area is 127 Å². The van der Waals surface area contributed by atoms with Gasteiger partial charge in [-0.1, -0.05) is 0 Å². The van der Waals surface area contributed by atoms with E-state index in [0.717, 1.165) is 16.3 Å². The van der Waals surface area contributed by atoms with Crippen LogP contribution in [0.1, 0.15) is 10.4 Å². The predicted molar refractivity (Wildman–Crippen MR) is 85.2 cm³/mol. The highest BCUT2D eigenvalue weighted by Crippen LogP contribution is 2.15. The first-order chi connectivity index (χ1) is 10.2. The molecule has 3 aromatic rings. The molecule has 3 rings (SSSR count). The second-order valence-corrected chi connectivity index (χ2v) is 5.03. The van der Waals surface area contributed by atoms with E-state index in [1.54, 1.807) is 36.8 Å². The molecule has 1 heterocycles. The van der Waals surface area contributed by atoms with Crippen LogP contribution in [-0.2, 0) is 0 Å². The van der Waals surface area contributed by atoms with Crippen molar-refractivity contribution < 1.29 is 4.79 Å². The number of rotatable bonds is 3. The van der Waals surface area contributed by atoms with Gasteiger partial charge in [0.05, 0.1) is 6.33 Å². The number of thiol groups is 1. The molecule has 21 heavy (non-hydrogen) atoms. The van der Waals surface area contributed by atoms with Crippen LogP contribution in [0.15, 0.2) is 72.1 Å². The minimum atomic E-state index is -0.140. The van der Waals surface area contributed by atoms with E-state index in [0.29, 0.717) is 5.56 Å². The van der Waals surface area contributed by atoms with E-state index in [9.17, 15) is 4.79 Å². The van der Waals surface area contributed by atoms with Gasteiger partial charge in [-0.25, -0.2) is 4.98 Å². The minimum Gasteiger partial charge on any atom is -0.322 e. The minimum absolute atomic E-state index is 0.140. The zero-order valence-corrected chi connectivity index (χ0v) is 12.0. The van der Waals surface area contributed by atoms with Crippen LogP contribution in [0, 0.1) is 0 Å². The summed E-state index contributed by atoms with van der Waals surface area (Å²) in [5.74, 6) is -0.140. The summed E-state index contributed by atoms with van der Waals surface area (Å²) in [6.45, 7) is 0. The van der Waals surface area contributed by atoms with Gasteiger partial charge in [0.25, 0.3) is 5.91 Å². The first-order valence-corrected chi connectivity index (χ1v) is 6.86. The van der Waals surface area contributed by atoms with E-state index >= 15 is 0 Å². The SMILES string of the molecule is O=C(Nc1ccc(-n2ccnc2)cc1)c1ccc(S)cc1. The van der Waals surface area contributed by atoms with Crippen LogP contribution < -0.4 is 5.32 Å². The lowest BCUT2D eigenvalue weighted by atomic mass is 10.2. The molecule has 5 heteroatoms. The maximum absolute atomic E-state index is 12.1. The van der Waals surface area contributed by atoms with Crippen molar-refractivity contribution in [1.29, 1.82) is 0 Å². The Balaban J connectivity index is 1.73. The van der Waals surface area contributed by atoms with Crippen LogP contribution >= 0.6 is 12.6 Å². The molecule has 0 unspecified atom stereocenters. The molecule has 0 aliphatic heterocycles. The summed E-state index contributed by atoms with van der Waals surface area (Å²) in [7, 11) is 0. The summed E-state index contributed by atoms with van der Waals surface area (Å²) < 4.78 is 1.90. The topological polar surface area (TPSA) is 46.9 Å². The Morgan fingerprint density at radius 3 is 2.38 bits per heavy atom. The van der Waals surface area contributed by atoms with E-state index in [1.807, 2.05) is 35.0 Å². The van der Waals surface area contributed by atoms with Gasteiger partial charge in [0.15, 0.2) is 0 Å². The second kappa shape index (κ2) is 5.85. The van der Waals surface area contributed by atoms with Crippen molar-refractivity contribution in [2.75, 3.05) is 5.32 Å². The van der Waals surface area contributed by atoms with E-state index < -0.39 is 0 Å². The first kappa shape index (κ1) is 13.5. The Hall–Kier alpha value is -2.53. The number of anilines is 1. The molecular weight excluding hydrogens is 282 g/mol. The molecule has 0 aliphatic carbocycles. The maximum atomic E-state index is 12.1. The van der Waals surface area contributed by atoms with Gasteiger partial charge < -0.3 is 9.88 Å². The highest BCUT2D eigenvalue weighted by atomic mass is 32.1. The number of carbonyl (C=O) groups is 1. The third-order valence-corrected chi connectivity index (χ3v) is 3.36. The molecule has 0 saturated carbocycles. The Morgan fingerprint density at radius 1 is 1.05 bits per heavy atom. The van der Waals surface area contributed by atoms with Crippen molar-refractivity contribution >= 4 is 24.2 Å². The third-order valence-electron chi connectivity index (χ3n) is 3.06. The number of hydrogen-bond donors (Lipinski definition) is 2. The molecule has 0 saturated heterocycles. The van der Waals surface area contributed by atoms with Gasteiger partial charge >= 0.3 is 0 Å². The molecule has 0 aliphatic rings. The highest BCUT2D eigenvalue weighted by Gasteiger charge is 2.05. The molecule has 1 N–H and O–H groups in total. The van der Waals surface area contributed by atoms with Crippen LogP contribution in [0.4, 0.5) is 5.69 Å². The van der Waals surface area contributed by atoms with Crippen LogP contribution in [0.2, 0.25) is 0 Å². The smallest absolute Gasteiger partial charge is 0.255 e. The van der Waals surface area contributed by atoms with E-state index in [1.165, 1.54) is 0 Å². The number of imidazole rings is 1. The first-order valence-electron chi connectivity index (χ1n) is 6.41. The number of amides is 1. The molecule has 0 spiro atoms. The molecular formula is C16H13N3OS. The zero-order chi connectivity index (χ0) is 14.7. The lowest BCUT2D eigenvalue weighted by Crippen LogP contribution is -2.11. The molecule has 2 aromatic carbocycles. The highest BCUT2D eigenvalue weighted by molar-refractivity contribution is 7.80. The van der Waals surface area contributed by atoms with Gasteiger partial charge in [-0.15, -0.1) is 12.6 Å². The van der Waals surface area contributed by atoms with Gasteiger partial charge in [0.1, 0.15) is 0 Å². The summed E-state index contributed by atoms with van der Waals surface area (Å²) in [5, 5.41) is 2.86. The fourth-order valence-electron chi connectivity index (χ4n) is 1.94. The quantitative estimate of drug-likeness (QED) is 0.727. The van der Waals surface area contributed by atoms with Gasteiger partial charge in [0, 0.05) is 34.2 Å². The van der Waals surface area contributed by atoms with E-state index in [2.05, 4.69) is 22.9 Å². The molecule has 1 amide bonds. The van der Waals surface area contributed by atoms with Crippen molar-refractivity contribution in [2.45, 2.75) is 4.90 Å². The largest absolute Gasteiger partial charge is 0.322 e. The fraction of sp³-hybridized carbons (Fsp3) is 0. The molecule has 0 fully saturated rings. The lowest BCUT2D eigenvalue weighted by molar-refractivity contribution is 0.102. The van der Waals surface area contributed by atoms with E-state index in [4.69, 9.17) is 0 Å². The number of hydrogen-bond acceptors (Lipinski definition) is 3. The molecule has 0 radical (unpaired) electrons. The number of carbonyl (C=O) groups excluding carboxylic acids is 1. The van der Waals surface area contributed by atoms with Gasteiger partial charge in [-0.2, -0.15) is 0 Å². The van der Waals surface area contributed by atoms with Crippen molar-refractivity contribution in [3.8, 4) is 5.69 Å². The third kappa shape index (κ3) is 3.14. The normalized spacial score (nSPS) is 10.3. The average Bonchev–Trinajstić information content (AvgIpc) is 3.03. The van der Waals surface area contributed by atoms with Crippen molar-refractivity contribution in [3.05, 3.63) is 72.8 Å². The maximum Gasteiger partial charge on any atom is 0.255 e. The standard InChI is InChI=1S/C16H13N3OS/c20-16(12-1-7-15(21)8-2-12)18-13-3-5-14(6-4-13)19-10-9-17-11-19/h1-11,21H,(H,18,20). The molecule has 0 bridgehead atoms. The fourth-order valence-corrected chi connectivity index (χ4v) is 2.09. The summed E-state index contributed by atoms with van der Waals surface area (Å²) in [6.07, 6.45) is 5.32. The summed E-state index contributed by atoms with van der Waals surface area (Å²) in [4.78, 5) is 16.9. The van der Waals surface area contributed by atoms with Gasteiger partial charge in [-0.05, 0) is 48.5 Å². The van der Waals surface area contributed by atoms with Crippen LogP contribution in [0.3, 0.4) is 0 Å². The molecule has 4 nitrogen and oxygen atoms in total. The van der Waals surface area contributed by atoms with Crippen molar-refractivity contribution in [2.24, 2.45) is 0 Å². The molecule has 104 valence electrons. The average molecular weight is 295 g/mol. The Bertz CT molecular complexity index is 734. The number of aromatic nitrogens is 2. The molecule has 0 atom stereocenters. The number of benzene rings is 2. The van der Waals surface area contributed by atoms with E-state index in [-0.39, 0.29) is 5.91 Å². The van der Waals surface area contributed by atoms with Gasteiger partial charge in [0.2, 0.25) is 0 Å². The monoisotopic (exact) mass is 295 g/mol. The Morgan fingerprint density at radius 2 is 1.76 bits per heavy atom. The lowest BCUT2D eigenvalue weighted by Gasteiger charge is -2.07. The summed E-state index contributed by atoms with van der Waals surface area (Å²) in [6, 6.07) is 14.7. The Kier molecular flexibility index (Phi) is 3.75. The van der Waals surface area contributed by atoms with Gasteiger partial charge in [-0.3, -0.25) is 4.79 Å². The summed E-state index contributed by atoms with van der Waals surface area (Å²) in [5.41, 5.74) is 2.34. The predicted octanol–water partition coefficient (Wildman–Crippen LogP) is 3.41. The second-order valence-electron chi connectivity index (χ2n) is 4.52.